The van der Waals surface area contributed by atoms with Crippen LogP contribution < -0.4 is 20.1 Å². The molecule has 6 nitrogen and oxygen atoms in total. The van der Waals surface area contributed by atoms with E-state index in [2.05, 4.69) is 10.6 Å². The Labute approximate surface area is 105 Å². The average Bonchev–Trinajstić information content (AvgIpc) is 2.83. The molecular formula is C12H16N2O4. The zero-order valence-electron chi connectivity index (χ0n) is 10.1. The number of fused-ring (bicyclic) bond motifs is 1. The van der Waals surface area contributed by atoms with Gasteiger partial charge in [-0.25, -0.2) is 4.79 Å². The van der Waals surface area contributed by atoms with E-state index in [1.165, 1.54) is 0 Å². The highest BCUT2D eigenvalue weighted by atomic mass is 16.7. The maximum atomic E-state index is 11.6. The predicted octanol–water partition coefficient (Wildman–Crippen LogP) is 1.17. The normalized spacial score (nSPS) is 14.1. The van der Waals surface area contributed by atoms with Crippen LogP contribution in [0.15, 0.2) is 18.2 Å². The number of ether oxygens (including phenoxy) is 2. The standard InChI is InChI=1S/C12H16N2O4/c1-8(6-15)5-13-12(16)14-9-2-3-10-11(4-9)18-7-17-10/h2-4,8,15H,5-7H2,1H3,(H2,13,14,16). The van der Waals surface area contributed by atoms with Gasteiger partial charge in [-0.3, -0.25) is 0 Å². The highest BCUT2D eigenvalue weighted by molar-refractivity contribution is 5.89. The minimum atomic E-state index is -0.311. The van der Waals surface area contributed by atoms with Crippen molar-refractivity contribution in [1.29, 1.82) is 0 Å². The van der Waals surface area contributed by atoms with Crippen LogP contribution in [0.3, 0.4) is 0 Å². The molecule has 1 aromatic rings. The molecular weight excluding hydrogens is 236 g/mol. The summed E-state index contributed by atoms with van der Waals surface area (Å²) in [7, 11) is 0. The molecule has 1 aliphatic heterocycles. The van der Waals surface area contributed by atoms with E-state index in [9.17, 15) is 4.79 Å². The zero-order valence-corrected chi connectivity index (χ0v) is 10.1. The molecule has 0 saturated heterocycles. The molecule has 0 fully saturated rings. The molecule has 1 aliphatic rings. The van der Waals surface area contributed by atoms with Crippen LogP contribution in [0.5, 0.6) is 11.5 Å². The maximum Gasteiger partial charge on any atom is 0.319 e. The second-order valence-electron chi connectivity index (χ2n) is 4.19. The summed E-state index contributed by atoms with van der Waals surface area (Å²) in [4.78, 5) is 11.6. The van der Waals surface area contributed by atoms with Crippen LogP contribution in [0.1, 0.15) is 6.92 Å². The summed E-state index contributed by atoms with van der Waals surface area (Å²) in [5.74, 6) is 1.33. The van der Waals surface area contributed by atoms with Crippen molar-refractivity contribution in [3.05, 3.63) is 18.2 Å². The van der Waals surface area contributed by atoms with Crippen LogP contribution in [-0.4, -0.2) is 31.1 Å². The van der Waals surface area contributed by atoms with Gasteiger partial charge in [0.1, 0.15) is 0 Å². The molecule has 0 radical (unpaired) electrons. The van der Waals surface area contributed by atoms with E-state index in [1.54, 1.807) is 18.2 Å². The quantitative estimate of drug-likeness (QED) is 0.751. The highest BCUT2D eigenvalue weighted by Gasteiger charge is 2.14. The van der Waals surface area contributed by atoms with Crippen molar-refractivity contribution in [2.45, 2.75) is 6.92 Å². The molecule has 6 heteroatoms. The molecule has 0 bridgehead atoms. The molecule has 1 aromatic carbocycles. The molecule has 18 heavy (non-hydrogen) atoms. The minimum Gasteiger partial charge on any atom is -0.454 e. The van der Waals surface area contributed by atoms with Gasteiger partial charge in [0.15, 0.2) is 11.5 Å². The van der Waals surface area contributed by atoms with E-state index in [-0.39, 0.29) is 25.3 Å². The van der Waals surface area contributed by atoms with Gasteiger partial charge in [0.05, 0.1) is 0 Å². The van der Waals surface area contributed by atoms with Crippen LogP contribution in [-0.2, 0) is 0 Å². The van der Waals surface area contributed by atoms with Crippen molar-refractivity contribution in [2.75, 3.05) is 25.3 Å². The SMILES string of the molecule is CC(CO)CNC(=O)Nc1ccc2c(c1)OCO2. The molecule has 0 saturated carbocycles. The molecule has 1 heterocycles. The lowest BCUT2D eigenvalue weighted by Crippen LogP contribution is -2.33. The number of aliphatic hydroxyl groups is 1. The van der Waals surface area contributed by atoms with Gasteiger partial charge in [-0.1, -0.05) is 6.92 Å². The van der Waals surface area contributed by atoms with Crippen molar-refractivity contribution < 1.29 is 19.4 Å². The summed E-state index contributed by atoms with van der Waals surface area (Å²) < 4.78 is 10.4. The first-order chi connectivity index (χ1) is 8.69. The minimum absolute atomic E-state index is 0.0347. The van der Waals surface area contributed by atoms with E-state index in [4.69, 9.17) is 14.6 Å². The van der Waals surface area contributed by atoms with E-state index in [1.807, 2.05) is 6.92 Å². The van der Waals surface area contributed by atoms with Crippen LogP contribution in [0, 0.1) is 5.92 Å². The lowest BCUT2D eigenvalue weighted by molar-refractivity contribution is 0.174. The first-order valence-electron chi connectivity index (χ1n) is 5.74. The molecule has 0 spiro atoms. The van der Waals surface area contributed by atoms with E-state index >= 15 is 0 Å². The second-order valence-corrected chi connectivity index (χ2v) is 4.19. The number of aliphatic hydroxyl groups excluding tert-OH is 1. The summed E-state index contributed by atoms with van der Waals surface area (Å²) in [6, 6.07) is 4.88. The van der Waals surface area contributed by atoms with Crippen LogP contribution in [0.2, 0.25) is 0 Å². The summed E-state index contributed by atoms with van der Waals surface area (Å²) in [6.45, 7) is 2.52. The smallest absolute Gasteiger partial charge is 0.319 e. The summed E-state index contributed by atoms with van der Waals surface area (Å²) in [6.07, 6.45) is 0. The number of urea groups is 1. The van der Waals surface area contributed by atoms with Crippen LogP contribution >= 0.6 is 0 Å². The number of carbonyl (C=O) groups is 1. The number of carbonyl (C=O) groups excluding carboxylic acids is 1. The third-order valence-electron chi connectivity index (χ3n) is 2.55. The third-order valence-corrected chi connectivity index (χ3v) is 2.55. The van der Waals surface area contributed by atoms with Crippen LogP contribution in [0.4, 0.5) is 10.5 Å². The molecule has 2 rings (SSSR count). The molecule has 2 amide bonds. The van der Waals surface area contributed by atoms with E-state index < -0.39 is 0 Å². The molecule has 0 aromatic heterocycles. The van der Waals surface area contributed by atoms with E-state index in [0.29, 0.717) is 23.7 Å². The largest absolute Gasteiger partial charge is 0.454 e. The fourth-order valence-electron chi connectivity index (χ4n) is 1.48. The fourth-order valence-corrected chi connectivity index (χ4v) is 1.48. The highest BCUT2D eigenvalue weighted by Crippen LogP contribution is 2.34. The Morgan fingerprint density at radius 2 is 2.22 bits per heavy atom. The lowest BCUT2D eigenvalue weighted by atomic mass is 10.2. The Morgan fingerprint density at radius 3 is 3.00 bits per heavy atom. The molecule has 1 unspecified atom stereocenters. The lowest BCUT2D eigenvalue weighted by Gasteiger charge is -2.11. The van der Waals surface area contributed by atoms with Gasteiger partial charge >= 0.3 is 6.03 Å². The third kappa shape index (κ3) is 3.04. The van der Waals surface area contributed by atoms with E-state index in [0.717, 1.165) is 0 Å². The fraction of sp³-hybridized carbons (Fsp3) is 0.417. The van der Waals surface area contributed by atoms with Gasteiger partial charge in [-0.05, 0) is 18.1 Å². The number of rotatable bonds is 4. The number of nitrogens with one attached hydrogen (secondary N) is 2. The van der Waals surface area contributed by atoms with Gasteiger partial charge in [-0.15, -0.1) is 0 Å². The van der Waals surface area contributed by atoms with Gasteiger partial charge < -0.3 is 25.2 Å². The Balaban J connectivity index is 1.87. The Morgan fingerprint density at radius 1 is 1.44 bits per heavy atom. The molecule has 1 atom stereocenters. The molecule has 0 aliphatic carbocycles. The second kappa shape index (κ2) is 5.59. The van der Waals surface area contributed by atoms with Crippen molar-refractivity contribution in [1.82, 2.24) is 5.32 Å². The number of hydrogen-bond donors (Lipinski definition) is 3. The Bertz CT molecular complexity index is 436. The van der Waals surface area contributed by atoms with Crippen molar-refractivity contribution in [3.63, 3.8) is 0 Å². The topological polar surface area (TPSA) is 79.8 Å². The molecule has 98 valence electrons. The number of anilines is 1. The average molecular weight is 252 g/mol. The van der Waals surface area contributed by atoms with Gasteiger partial charge in [0.25, 0.3) is 0 Å². The summed E-state index contributed by atoms with van der Waals surface area (Å²) >= 11 is 0. The first kappa shape index (κ1) is 12.5. The summed E-state index contributed by atoms with van der Waals surface area (Å²) in [5, 5.41) is 14.2. The van der Waals surface area contributed by atoms with Gasteiger partial charge in [0, 0.05) is 24.9 Å². The number of hydrogen-bond acceptors (Lipinski definition) is 4. The number of benzene rings is 1. The number of amides is 2. The van der Waals surface area contributed by atoms with Crippen molar-refractivity contribution in [2.24, 2.45) is 5.92 Å². The zero-order chi connectivity index (χ0) is 13.0. The monoisotopic (exact) mass is 252 g/mol. The maximum absolute atomic E-state index is 11.6. The van der Waals surface area contributed by atoms with Crippen LogP contribution in [0.25, 0.3) is 0 Å². The van der Waals surface area contributed by atoms with Crippen molar-refractivity contribution >= 4 is 11.7 Å². The Hall–Kier alpha value is -1.95. The first-order valence-corrected chi connectivity index (χ1v) is 5.74. The Kier molecular flexibility index (Phi) is 3.88. The molecule has 3 N–H and O–H groups in total. The van der Waals surface area contributed by atoms with Gasteiger partial charge in [-0.2, -0.15) is 0 Å². The summed E-state index contributed by atoms with van der Waals surface area (Å²) in [5.41, 5.74) is 0.633. The van der Waals surface area contributed by atoms with Crippen molar-refractivity contribution in [3.8, 4) is 11.5 Å². The van der Waals surface area contributed by atoms with Gasteiger partial charge in [0.2, 0.25) is 6.79 Å². The predicted molar refractivity (Wildman–Crippen MR) is 65.8 cm³/mol.